The highest BCUT2D eigenvalue weighted by Crippen LogP contribution is 2.09. The van der Waals surface area contributed by atoms with Crippen molar-refractivity contribution in [3.05, 3.63) is 17.5 Å². The molecule has 0 fully saturated rings. The molecule has 1 N–H and O–H groups in total. The van der Waals surface area contributed by atoms with Crippen molar-refractivity contribution in [3.8, 4) is 0 Å². The van der Waals surface area contributed by atoms with Gasteiger partial charge in [0.2, 0.25) is 0 Å². The van der Waals surface area contributed by atoms with Crippen LogP contribution in [0.2, 0.25) is 0 Å². The van der Waals surface area contributed by atoms with E-state index in [0.717, 1.165) is 25.1 Å². The zero-order valence-corrected chi connectivity index (χ0v) is 11.9. The molecular weight excluding hydrogens is 230 g/mol. The molecule has 0 aliphatic carbocycles. The fourth-order valence-corrected chi connectivity index (χ4v) is 1.99. The minimum atomic E-state index is -0.301. The molecule has 0 atom stereocenters. The van der Waals surface area contributed by atoms with Crippen LogP contribution in [-0.2, 0) is 6.42 Å². The normalized spacial score (nSPS) is 11.9. The highest BCUT2D eigenvalue weighted by Gasteiger charge is 2.23. The molecule has 0 aromatic carbocycles. The summed E-state index contributed by atoms with van der Waals surface area (Å²) in [6.07, 6.45) is 1.78. The average Bonchev–Trinajstić information content (AvgIpc) is 2.63. The lowest BCUT2D eigenvalue weighted by molar-refractivity contribution is 0.0890. The van der Waals surface area contributed by atoms with E-state index in [0.29, 0.717) is 5.69 Å². The first kappa shape index (κ1) is 14.7. The van der Waals surface area contributed by atoms with Gasteiger partial charge in [-0.25, -0.2) is 0 Å². The first-order chi connectivity index (χ1) is 8.34. The molecule has 102 valence electrons. The fraction of sp³-hybridized carbons (Fsp3) is 0.692. The van der Waals surface area contributed by atoms with Gasteiger partial charge in [-0.3, -0.25) is 4.79 Å². The lowest BCUT2D eigenvalue weighted by Gasteiger charge is -2.29. The van der Waals surface area contributed by atoms with Crippen LogP contribution in [-0.4, -0.2) is 42.1 Å². The standard InChI is InChI=1S/C13H23N3O2/c1-6-7-10-8-11(15-18-10)12(17)14-13(2,3)9-16(4)5/h8H,6-7,9H2,1-5H3,(H,14,17). The minimum Gasteiger partial charge on any atom is -0.361 e. The van der Waals surface area contributed by atoms with Crippen LogP contribution in [0.3, 0.4) is 0 Å². The van der Waals surface area contributed by atoms with Crippen molar-refractivity contribution in [1.82, 2.24) is 15.4 Å². The Balaban J connectivity index is 2.63. The van der Waals surface area contributed by atoms with E-state index >= 15 is 0 Å². The second-order valence-corrected chi connectivity index (χ2v) is 5.50. The largest absolute Gasteiger partial charge is 0.361 e. The van der Waals surface area contributed by atoms with Gasteiger partial charge in [-0.1, -0.05) is 12.1 Å². The van der Waals surface area contributed by atoms with Gasteiger partial charge in [-0.05, 0) is 34.4 Å². The Morgan fingerprint density at radius 1 is 1.50 bits per heavy atom. The van der Waals surface area contributed by atoms with E-state index in [4.69, 9.17) is 4.52 Å². The Labute approximate surface area is 109 Å². The zero-order valence-electron chi connectivity index (χ0n) is 11.9. The quantitative estimate of drug-likeness (QED) is 0.838. The minimum absolute atomic E-state index is 0.187. The predicted octanol–water partition coefficient (Wildman–Crippen LogP) is 1.70. The Hall–Kier alpha value is -1.36. The number of hydrogen-bond donors (Lipinski definition) is 1. The predicted molar refractivity (Wildman–Crippen MR) is 70.6 cm³/mol. The van der Waals surface area contributed by atoms with Gasteiger partial charge in [0, 0.05) is 24.6 Å². The molecule has 0 aliphatic rings. The first-order valence-electron chi connectivity index (χ1n) is 6.27. The summed E-state index contributed by atoms with van der Waals surface area (Å²) in [4.78, 5) is 14.0. The molecule has 0 saturated heterocycles. The molecule has 0 bridgehead atoms. The van der Waals surface area contributed by atoms with Crippen molar-refractivity contribution in [1.29, 1.82) is 0 Å². The van der Waals surface area contributed by atoms with Gasteiger partial charge in [0.1, 0.15) is 5.76 Å². The van der Waals surface area contributed by atoms with Gasteiger partial charge in [-0.15, -0.1) is 0 Å². The van der Waals surface area contributed by atoms with Gasteiger partial charge < -0.3 is 14.7 Å². The van der Waals surface area contributed by atoms with E-state index in [1.54, 1.807) is 6.07 Å². The van der Waals surface area contributed by atoms with Crippen LogP contribution in [0.4, 0.5) is 0 Å². The number of rotatable bonds is 6. The van der Waals surface area contributed by atoms with Crippen molar-refractivity contribution < 1.29 is 9.32 Å². The highest BCUT2D eigenvalue weighted by molar-refractivity contribution is 5.92. The topological polar surface area (TPSA) is 58.4 Å². The lowest BCUT2D eigenvalue weighted by Crippen LogP contribution is -2.50. The van der Waals surface area contributed by atoms with Crippen LogP contribution < -0.4 is 5.32 Å². The van der Waals surface area contributed by atoms with Gasteiger partial charge >= 0.3 is 0 Å². The third-order valence-electron chi connectivity index (χ3n) is 2.45. The number of carbonyl (C=O) groups excluding carboxylic acids is 1. The lowest BCUT2D eigenvalue weighted by atomic mass is 10.1. The molecule has 5 nitrogen and oxygen atoms in total. The van der Waals surface area contributed by atoms with Crippen LogP contribution in [0.15, 0.2) is 10.6 Å². The summed E-state index contributed by atoms with van der Waals surface area (Å²) < 4.78 is 5.10. The number of likely N-dealkylation sites (N-methyl/N-ethyl adjacent to an activating group) is 1. The Morgan fingerprint density at radius 3 is 2.72 bits per heavy atom. The summed E-state index contributed by atoms with van der Waals surface area (Å²) in [6, 6.07) is 1.71. The van der Waals surface area contributed by atoms with Crippen LogP contribution in [0, 0.1) is 0 Å². The maximum atomic E-state index is 12.0. The van der Waals surface area contributed by atoms with Crippen LogP contribution >= 0.6 is 0 Å². The molecule has 18 heavy (non-hydrogen) atoms. The third kappa shape index (κ3) is 4.49. The molecule has 0 saturated carbocycles. The molecule has 0 spiro atoms. The second-order valence-electron chi connectivity index (χ2n) is 5.50. The van der Waals surface area contributed by atoms with E-state index in [1.807, 2.05) is 32.8 Å². The molecule has 1 aromatic rings. The second kappa shape index (κ2) is 6.00. The average molecular weight is 253 g/mol. The maximum absolute atomic E-state index is 12.0. The van der Waals surface area contributed by atoms with E-state index in [-0.39, 0.29) is 11.4 Å². The summed E-state index contributed by atoms with van der Waals surface area (Å²) in [6.45, 7) is 6.79. The molecule has 1 amide bonds. The summed E-state index contributed by atoms with van der Waals surface area (Å²) in [5.41, 5.74) is 0.0510. The monoisotopic (exact) mass is 253 g/mol. The maximum Gasteiger partial charge on any atom is 0.273 e. The van der Waals surface area contributed by atoms with Gasteiger partial charge in [0.15, 0.2) is 5.69 Å². The number of amides is 1. The molecule has 1 rings (SSSR count). The van der Waals surface area contributed by atoms with E-state index < -0.39 is 0 Å². The Bertz CT molecular complexity index is 397. The van der Waals surface area contributed by atoms with Crippen molar-refractivity contribution in [2.24, 2.45) is 0 Å². The summed E-state index contributed by atoms with van der Waals surface area (Å²) in [7, 11) is 3.95. The Morgan fingerprint density at radius 2 is 2.17 bits per heavy atom. The zero-order chi connectivity index (χ0) is 13.8. The fourth-order valence-electron chi connectivity index (χ4n) is 1.99. The number of aryl methyl sites for hydroxylation is 1. The van der Waals surface area contributed by atoms with E-state index in [1.165, 1.54) is 0 Å². The molecular formula is C13H23N3O2. The first-order valence-corrected chi connectivity index (χ1v) is 6.27. The van der Waals surface area contributed by atoms with Crippen LogP contribution in [0.25, 0.3) is 0 Å². The van der Waals surface area contributed by atoms with Crippen molar-refractivity contribution in [3.63, 3.8) is 0 Å². The summed E-state index contributed by atoms with van der Waals surface area (Å²) in [5.74, 6) is 0.570. The van der Waals surface area contributed by atoms with Crippen molar-refractivity contribution >= 4 is 5.91 Å². The molecule has 5 heteroatoms. The van der Waals surface area contributed by atoms with E-state index in [2.05, 4.69) is 17.4 Å². The summed E-state index contributed by atoms with van der Waals surface area (Å²) >= 11 is 0. The Kier molecular flexibility index (Phi) is 4.90. The molecule has 1 heterocycles. The smallest absolute Gasteiger partial charge is 0.273 e. The van der Waals surface area contributed by atoms with Gasteiger partial charge in [-0.2, -0.15) is 0 Å². The summed E-state index contributed by atoms with van der Waals surface area (Å²) in [5, 5.41) is 6.75. The number of hydrogen-bond acceptors (Lipinski definition) is 4. The number of nitrogens with zero attached hydrogens (tertiary/aromatic N) is 2. The van der Waals surface area contributed by atoms with Gasteiger partial charge in [0.05, 0.1) is 0 Å². The SMILES string of the molecule is CCCc1cc(C(=O)NC(C)(C)CN(C)C)no1. The molecule has 0 radical (unpaired) electrons. The molecule has 0 unspecified atom stereocenters. The number of carbonyl (C=O) groups is 1. The highest BCUT2D eigenvalue weighted by atomic mass is 16.5. The molecule has 0 aliphatic heterocycles. The number of aromatic nitrogens is 1. The van der Waals surface area contributed by atoms with Crippen LogP contribution in [0.1, 0.15) is 43.4 Å². The van der Waals surface area contributed by atoms with E-state index in [9.17, 15) is 4.79 Å². The van der Waals surface area contributed by atoms with Crippen molar-refractivity contribution in [2.45, 2.75) is 39.2 Å². The number of nitrogens with one attached hydrogen (secondary N) is 1. The molecule has 1 aromatic heterocycles. The van der Waals surface area contributed by atoms with Crippen molar-refractivity contribution in [2.75, 3.05) is 20.6 Å². The third-order valence-corrected chi connectivity index (χ3v) is 2.45. The van der Waals surface area contributed by atoms with Gasteiger partial charge in [0.25, 0.3) is 5.91 Å². The van der Waals surface area contributed by atoms with Crippen LogP contribution in [0.5, 0.6) is 0 Å².